The molecule has 1 unspecified atom stereocenters. The van der Waals surface area contributed by atoms with Crippen molar-refractivity contribution in [3.05, 3.63) is 0 Å². The molecule has 0 saturated heterocycles. The first-order valence-corrected chi connectivity index (χ1v) is 4.99. The Bertz CT molecular complexity index is 159. The van der Waals surface area contributed by atoms with E-state index in [1.807, 2.05) is 21.0 Å². The highest BCUT2D eigenvalue weighted by Crippen LogP contribution is 2.04. The van der Waals surface area contributed by atoms with Crippen molar-refractivity contribution in [3.8, 4) is 0 Å². The Morgan fingerprint density at radius 1 is 1.23 bits per heavy atom. The molecule has 0 bridgehead atoms. The minimum Gasteiger partial charge on any atom is -0.328 e. The van der Waals surface area contributed by atoms with E-state index in [2.05, 4.69) is 13.8 Å². The lowest BCUT2D eigenvalue weighted by molar-refractivity contribution is 0.169. The summed E-state index contributed by atoms with van der Waals surface area (Å²) < 4.78 is 0. The molecule has 0 aromatic carbocycles. The first-order valence-electron chi connectivity index (χ1n) is 4.99. The number of hydrogen-bond donors (Lipinski definition) is 0. The average molecular weight is 186 g/mol. The van der Waals surface area contributed by atoms with Crippen molar-refractivity contribution in [2.24, 2.45) is 5.92 Å². The van der Waals surface area contributed by atoms with Gasteiger partial charge in [-0.3, -0.25) is 0 Å². The molecule has 0 radical (unpaired) electrons. The van der Waals surface area contributed by atoms with E-state index in [0.717, 1.165) is 19.5 Å². The lowest BCUT2D eigenvalue weighted by Gasteiger charge is -2.25. The van der Waals surface area contributed by atoms with E-state index in [1.54, 1.807) is 9.80 Å². The molecule has 0 heterocycles. The average Bonchev–Trinajstić information content (AvgIpc) is 2.14. The van der Waals surface area contributed by atoms with Crippen LogP contribution in [0.5, 0.6) is 0 Å². The third kappa shape index (κ3) is 4.15. The van der Waals surface area contributed by atoms with Crippen LogP contribution in [0.2, 0.25) is 0 Å². The molecule has 0 aliphatic heterocycles. The third-order valence-corrected chi connectivity index (χ3v) is 2.41. The largest absolute Gasteiger partial charge is 0.328 e. The molecule has 0 spiro atoms. The molecule has 0 aromatic rings. The SMILES string of the molecule is CCC(C)CN(C)C(=O)N(C)CC. The van der Waals surface area contributed by atoms with Gasteiger partial charge in [-0.2, -0.15) is 0 Å². The maximum absolute atomic E-state index is 11.6. The fourth-order valence-electron chi connectivity index (χ4n) is 1.10. The Kier molecular flexibility index (Phi) is 5.51. The van der Waals surface area contributed by atoms with E-state index in [-0.39, 0.29) is 6.03 Å². The number of amides is 2. The molecule has 0 aliphatic rings. The van der Waals surface area contributed by atoms with Crippen LogP contribution in [0.15, 0.2) is 0 Å². The van der Waals surface area contributed by atoms with Crippen LogP contribution in [0.4, 0.5) is 4.79 Å². The van der Waals surface area contributed by atoms with Crippen molar-refractivity contribution in [1.82, 2.24) is 9.80 Å². The van der Waals surface area contributed by atoms with Crippen LogP contribution in [0.1, 0.15) is 27.2 Å². The van der Waals surface area contributed by atoms with Crippen molar-refractivity contribution in [1.29, 1.82) is 0 Å². The molecule has 0 N–H and O–H groups in total. The monoisotopic (exact) mass is 186 g/mol. The summed E-state index contributed by atoms with van der Waals surface area (Å²) in [6.07, 6.45) is 1.12. The van der Waals surface area contributed by atoms with Gasteiger partial charge in [0.15, 0.2) is 0 Å². The van der Waals surface area contributed by atoms with Gasteiger partial charge in [0, 0.05) is 27.2 Å². The summed E-state index contributed by atoms with van der Waals surface area (Å²) >= 11 is 0. The van der Waals surface area contributed by atoms with Crippen LogP contribution in [-0.2, 0) is 0 Å². The van der Waals surface area contributed by atoms with Crippen molar-refractivity contribution in [3.63, 3.8) is 0 Å². The zero-order valence-corrected chi connectivity index (χ0v) is 9.50. The van der Waals surface area contributed by atoms with Gasteiger partial charge < -0.3 is 9.80 Å². The Hall–Kier alpha value is -0.730. The number of hydrogen-bond acceptors (Lipinski definition) is 1. The Labute approximate surface area is 81.7 Å². The Morgan fingerprint density at radius 3 is 2.15 bits per heavy atom. The zero-order chi connectivity index (χ0) is 10.4. The van der Waals surface area contributed by atoms with Crippen molar-refractivity contribution < 1.29 is 4.79 Å². The summed E-state index contributed by atoms with van der Waals surface area (Å²) in [5, 5.41) is 0. The van der Waals surface area contributed by atoms with Crippen molar-refractivity contribution in [2.75, 3.05) is 27.2 Å². The summed E-state index contributed by atoms with van der Waals surface area (Å²) in [5.41, 5.74) is 0. The fraction of sp³-hybridized carbons (Fsp3) is 0.900. The highest BCUT2D eigenvalue weighted by atomic mass is 16.2. The fourth-order valence-corrected chi connectivity index (χ4v) is 1.10. The van der Waals surface area contributed by atoms with Gasteiger partial charge >= 0.3 is 6.03 Å². The minimum atomic E-state index is 0.114. The number of carbonyl (C=O) groups is 1. The molecule has 0 rings (SSSR count). The van der Waals surface area contributed by atoms with Gasteiger partial charge in [0.25, 0.3) is 0 Å². The molecular formula is C10H22N2O. The van der Waals surface area contributed by atoms with E-state index in [0.29, 0.717) is 5.92 Å². The highest BCUT2D eigenvalue weighted by molar-refractivity contribution is 5.73. The molecule has 2 amide bonds. The second kappa shape index (κ2) is 5.84. The maximum Gasteiger partial charge on any atom is 0.319 e. The summed E-state index contributed by atoms with van der Waals surface area (Å²) in [6, 6.07) is 0.114. The van der Waals surface area contributed by atoms with Crippen LogP contribution in [0.3, 0.4) is 0 Å². The predicted octanol–water partition coefficient (Wildman–Crippen LogP) is 2.04. The third-order valence-electron chi connectivity index (χ3n) is 2.41. The van der Waals surface area contributed by atoms with E-state index in [9.17, 15) is 4.79 Å². The second-order valence-electron chi connectivity index (χ2n) is 3.69. The second-order valence-corrected chi connectivity index (χ2v) is 3.69. The Balaban J connectivity index is 3.95. The van der Waals surface area contributed by atoms with Crippen LogP contribution < -0.4 is 0 Å². The number of carbonyl (C=O) groups excluding carboxylic acids is 1. The standard InChI is InChI=1S/C10H22N2O/c1-6-9(3)8-12(5)10(13)11(4)7-2/h9H,6-8H2,1-5H3. The molecule has 3 heteroatoms. The van der Waals surface area contributed by atoms with Crippen molar-refractivity contribution >= 4 is 6.03 Å². The normalized spacial score (nSPS) is 12.4. The van der Waals surface area contributed by atoms with Gasteiger partial charge in [-0.15, -0.1) is 0 Å². The molecule has 0 aliphatic carbocycles. The molecular weight excluding hydrogens is 164 g/mol. The van der Waals surface area contributed by atoms with Gasteiger partial charge in [-0.25, -0.2) is 4.79 Å². The van der Waals surface area contributed by atoms with E-state index < -0.39 is 0 Å². The smallest absolute Gasteiger partial charge is 0.319 e. The summed E-state index contributed by atoms with van der Waals surface area (Å²) in [6.45, 7) is 7.90. The van der Waals surface area contributed by atoms with E-state index in [1.165, 1.54) is 0 Å². The molecule has 78 valence electrons. The summed E-state index contributed by atoms with van der Waals surface area (Å²) in [4.78, 5) is 15.1. The van der Waals surface area contributed by atoms with Crippen LogP contribution in [0, 0.1) is 5.92 Å². The maximum atomic E-state index is 11.6. The number of nitrogens with zero attached hydrogens (tertiary/aromatic N) is 2. The Morgan fingerprint density at radius 2 is 1.77 bits per heavy atom. The van der Waals surface area contributed by atoms with Crippen molar-refractivity contribution in [2.45, 2.75) is 27.2 Å². The first-order chi connectivity index (χ1) is 6.02. The van der Waals surface area contributed by atoms with Gasteiger partial charge in [-0.1, -0.05) is 20.3 Å². The highest BCUT2D eigenvalue weighted by Gasteiger charge is 2.13. The molecule has 0 aromatic heterocycles. The van der Waals surface area contributed by atoms with E-state index in [4.69, 9.17) is 0 Å². The molecule has 13 heavy (non-hydrogen) atoms. The van der Waals surface area contributed by atoms with Crippen LogP contribution in [0.25, 0.3) is 0 Å². The lowest BCUT2D eigenvalue weighted by atomic mass is 10.1. The van der Waals surface area contributed by atoms with Crippen LogP contribution in [-0.4, -0.2) is 43.0 Å². The predicted molar refractivity (Wildman–Crippen MR) is 55.8 cm³/mol. The molecule has 1 atom stereocenters. The topological polar surface area (TPSA) is 23.6 Å². The summed E-state index contributed by atoms with van der Waals surface area (Å²) in [5.74, 6) is 0.583. The van der Waals surface area contributed by atoms with Gasteiger partial charge in [0.05, 0.1) is 0 Å². The van der Waals surface area contributed by atoms with Gasteiger partial charge in [0.2, 0.25) is 0 Å². The lowest BCUT2D eigenvalue weighted by Crippen LogP contribution is -2.40. The number of urea groups is 1. The zero-order valence-electron chi connectivity index (χ0n) is 9.50. The van der Waals surface area contributed by atoms with Gasteiger partial charge in [-0.05, 0) is 12.8 Å². The molecule has 0 saturated carbocycles. The first kappa shape index (κ1) is 12.3. The molecule has 0 fully saturated rings. The minimum absolute atomic E-state index is 0.114. The van der Waals surface area contributed by atoms with Gasteiger partial charge in [0.1, 0.15) is 0 Å². The summed E-state index contributed by atoms with van der Waals surface area (Å²) in [7, 11) is 3.69. The quantitative estimate of drug-likeness (QED) is 0.659. The van der Waals surface area contributed by atoms with Crippen LogP contribution >= 0.6 is 0 Å². The van der Waals surface area contributed by atoms with E-state index >= 15 is 0 Å². The molecule has 3 nitrogen and oxygen atoms in total. The number of rotatable bonds is 4.